The third-order valence-corrected chi connectivity index (χ3v) is 2.85. The number of aryl methyl sites for hydroxylation is 1. The second-order valence-electron chi connectivity index (χ2n) is 2.43. The zero-order valence-electron chi connectivity index (χ0n) is 6.89. The summed E-state index contributed by atoms with van der Waals surface area (Å²) in [5.41, 5.74) is 2.58. The highest BCUT2D eigenvalue weighted by Crippen LogP contribution is 2.21. The van der Waals surface area contributed by atoms with Crippen LogP contribution in [0.25, 0.3) is 0 Å². The van der Waals surface area contributed by atoms with Gasteiger partial charge in [-0.15, -0.1) is 11.3 Å². The fourth-order valence-corrected chi connectivity index (χ4v) is 2.28. The lowest BCUT2D eigenvalue weighted by atomic mass is 10.1. The van der Waals surface area contributed by atoms with E-state index in [4.69, 9.17) is 0 Å². The fourth-order valence-electron chi connectivity index (χ4n) is 1.23. The molecule has 1 heterocycles. The molecule has 0 amide bonds. The summed E-state index contributed by atoms with van der Waals surface area (Å²) in [6.07, 6.45) is 2.97. The molecule has 1 aromatic rings. The minimum Gasteiger partial charge on any atom is -0.297 e. The Morgan fingerprint density at radius 3 is 2.64 bits per heavy atom. The molecule has 0 bridgehead atoms. The van der Waals surface area contributed by atoms with Crippen LogP contribution in [0.4, 0.5) is 0 Å². The van der Waals surface area contributed by atoms with Gasteiger partial charge in [-0.25, -0.2) is 0 Å². The Balaban J connectivity index is 3.08. The molecule has 0 atom stereocenters. The zero-order chi connectivity index (χ0) is 8.27. The summed E-state index contributed by atoms with van der Waals surface area (Å²) in [5, 5.41) is 2.09. The van der Waals surface area contributed by atoms with Crippen LogP contribution in [0.2, 0.25) is 0 Å². The molecular formula is C9H12OS. The molecule has 0 fully saturated rings. The standard InChI is InChI=1S/C9H12OS/c1-3-7-6-11-9(5-10)8(7)4-2/h5-6H,3-4H2,1-2H3. The smallest absolute Gasteiger partial charge is 0.160 e. The first-order chi connectivity index (χ1) is 5.33. The minimum atomic E-state index is 0.907. The van der Waals surface area contributed by atoms with Gasteiger partial charge in [0.1, 0.15) is 0 Å². The fraction of sp³-hybridized carbons (Fsp3) is 0.444. The van der Waals surface area contributed by atoms with E-state index in [1.54, 1.807) is 11.3 Å². The summed E-state index contributed by atoms with van der Waals surface area (Å²) >= 11 is 1.56. The molecule has 0 spiro atoms. The predicted molar refractivity (Wildman–Crippen MR) is 48.5 cm³/mol. The molecule has 0 aliphatic rings. The highest BCUT2D eigenvalue weighted by atomic mass is 32.1. The largest absolute Gasteiger partial charge is 0.297 e. The molecule has 0 saturated heterocycles. The SMILES string of the molecule is CCc1csc(C=O)c1CC. The van der Waals surface area contributed by atoms with Crippen molar-refractivity contribution in [3.8, 4) is 0 Å². The van der Waals surface area contributed by atoms with Gasteiger partial charge in [0.15, 0.2) is 6.29 Å². The maximum atomic E-state index is 10.5. The van der Waals surface area contributed by atoms with Crippen molar-refractivity contribution in [1.82, 2.24) is 0 Å². The molecule has 0 aliphatic carbocycles. The van der Waals surface area contributed by atoms with Crippen molar-refractivity contribution in [1.29, 1.82) is 0 Å². The summed E-state index contributed by atoms with van der Waals surface area (Å²) in [7, 11) is 0. The van der Waals surface area contributed by atoms with Crippen molar-refractivity contribution in [2.75, 3.05) is 0 Å². The molecule has 0 radical (unpaired) electrons. The van der Waals surface area contributed by atoms with Crippen molar-refractivity contribution >= 4 is 17.6 Å². The molecule has 0 aliphatic heterocycles. The summed E-state index contributed by atoms with van der Waals surface area (Å²) in [6.45, 7) is 4.21. The lowest BCUT2D eigenvalue weighted by Gasteiger charge is -1.96. The van der Waals surface area contributed by atoms with Crippen molar-refractivity contribution < 1.29 is 4.79 Å². The summed E-state index contributed by atoms with van der Waals surface area (Å²) in [4.78, 5) is 11.4. The Morgan fingerprint density at radius 1 is 1.45 bits per heavy atom. The van der Waals surface area contributed by atoms with E-state index in [2.05, 4.69) is 19.2 Å². The third-order valence-electron chi connectivity index (χ3n) is 1.85. The number of carbonyl (C=O) groups excluding carboxylic acids is 1. The van der Waals surface area contributed by atoms with Gasteiger partial charge in [-0.1, -0.05) is 13.8 Å². The van der Waals surface area contributed by atoms with Crippen molar-refractivity contribution in [3.05, 3.63) is 21.4 Å². The van der Waals surface area contributed by atoms with E-state index < -0.39 is 0 Å². The topological polar surface area (TPSA) is 17.1 Å². The molecule has 0 saturated carbocycles. The van der Waals surface area contributed by atoms with E-state index >= 15 is 0 Å². The Morgan fingerprint density at radius 2 is 2.18 bits per heavy atom. The number of thiophene rings is 1. The van der Waals surface area contributed by atoms with Crippen LogP contribution in [0.5, 0.6) is 0 Å². The molecule has 0 N–H and O–H groups in total. The number of hydrogen-bond acceptors (Lipinski definition) is 2. The lowest BCUT2D eigenvalue weighted by Crippen LogP contribution is -1.88. The predicted octanol–water partition coefficient (Wildman–Crippen LogP) is 2.69. The van der Waals surface area contributed by atoms with Gasteiger partial charge in [0.2, 0.25) is 0 Å². The summed E-state index contributed by atoms with van der Waals surface area (Å²) in [5.74, 6) is 0. The third kappa shape index (κ3) is 1.51. The van der Waals surface area contributed by atoms with Crippen LogP contribution in [0.3, 0.4) is 0 Å². The number of aldehydes is 1. The first-order valence-corrected chi connectivity index (χ1v) is 4.75. The molecule has 2 heteroatoms. The quantitative estimate of drug-likeness (QED) is 0.634. The van der Waals surface area contributed by atoms with E-state index in [-0.39, 0.29) is 0 Å². The average molecular weight is 168 g/mol. The van der Waals surface area contributed by atoms with Gasteiger partial charge in [-0.05, 0) is 29.3 Å². The number of rotatable bonds is 3. The monoisotopic (exact) mass is 168 g/mol. The molecule has 0 unspecified atom stereocenters. The van der Waals surface area contributed by atoms with Crippen molar-refractivity contribution in [3.63, 3.8) is 0 Å². The van der Waals surface area contributed by atoms with Gasteiger partial charge in [0, 0.05) is 0 Å². The van der Waals surface area contributed by atoms with Crippen LogP contribution >= 0.6 is 11.3 Å². The average Bonchev–Trinajstić information content (AvgIpc) is 2.45. The van der Waals surface area contributed by atoms with E-state index in [1.165, 1.54) is 11.1 Å². The Labute approximate surface area is 71.1 Å². The van der Waals surface area contributed by atoms with E-state index in [0.29, 0.717) is 0 Å². The second-order valence-corrected chi connectivity index (χ2v) is 3.34. The molecule has 1 aromatic heterocycles. The van der Waals surface area contributed by atoms with Crippen molar-refractivity contribution in [2.45, 2.75) is 26.7 Å². The van der Waals surface area contributed by atoms with E-state index in [1.807, 2.05) is 0 Å². The van der Waals surface area contributed by atoms with Crippen molar-refractivity contribution in [2.24, 2.45) is 0 Å². The summed E-state index contributed by atoms with van der Waals surface area (Å²) in [6, 6.07) is 0. The molecule has 1 nitrogen and oxygen atoms in total. The molecular weight excluding hydrogens is 156 g/mol. The summed E-state index contributed by atoms with van der Waals surface area (Å²) < 4.78 is 0. The number of hydrogen-bond donors (Lipinski definition) is 0. The molecule has 11 heavy (non-hydrogen) atoms. The van der Waals surface area contributed by atoms with Crippen LogP contribution in [-0.4, -0.2) is 6.29 Å². The molecule has 0 aromatic carbocycles. The second kappa shape index (κ2) is 3.67. The highest BCUT2D eigenvalue weighted by molar-refractivity contribution is 7.12. The first kappa shape index (κ1) is 8.47. The van der Waals surface area contributed by atoms with Gasteiger partial charge >= 0.3 is 0 Å². The Hall–Kier alpha value is -0.630. The van der Waals surface area contributed by atoms with E-state index in [9.17, 15) is 4.79 Å². The molecule has 1 rings (SSSR count). The van der Waals surface area contributed by atoms with Gasteiger partial charge in [0.05, 0.1) is 4.88 Å². The number of carbonyl (C=O) groups is 1. The van der Waals surface area contributed by atoms with Gasteiger partial charge in [-0.2, -0.15) is 0 Å². The normalized spacial score (nSPS) is 10.0. The van der Waals surface area contributed by atoms with E-state index in [0.717, 1.165) is 24.0 Å². The lowest BCUT2D eigenvalue weighted by molar-refractivity contribution is 0.112. The Bertz CT molecular complexity index is 250. The van der Waals surface area contributed by atoms with Crippen LogP contribution < -0.4 is 0 Å². The zero-order valence-corrected chi connectivity index (χ0v) is 7.70. The maximum absolute atomic E-state index is 10.5. The maximum Gasteiger partial charge on any atom is 0.160 e. The minimum absolute atomic E-state index is 0.907. The van der Waals surface area contributed by atoms with Gasteiger partial charge < -0.3 is 0 Å². The van der Waals surface area contributed by atoms with Crippen LogP contribution in [0.15, 0.2) is 5.38 Å². The van der Waals surface area contributed by atoms with Crippen LogP contribution in [0.1, 0.15) is 34.6 Å². The highest BCUT2D eigenvalue weighted by Gasteiger charge is 2.06. The van der Waals surface area contributed by atoms with Crippen LogP contribution in [0, 0.1) is 0 Å². The van der Waals surface area contributed by atoms with Gasteiger partial charge in [0.25, 0.3) is 0 Å². The molecule has 60 valence electrons. The van der Waals surface area contributed by atoms with Crippen LogP contribution in [-0.2, 0) is 12.8 Å². The Kier molecular flexibility index (Phi) is 2.83. The van der Waals surface area contributed by atoms with Gasteiger partial charge in [-0.3, -0.25) is 4.79 Å². The first-order valence-electron chi connectivity index (χ1n) is 3.87.